The minimum absolute atomic E-state index is 0.0151. The first kappa shape index (κ1) is 18.6. The second-order valence-corrected chi connectivity index (χ2v) is 6.54. The third-order valence-corrected chi connectivity index (χ3v) is 4.36. The van der Waals surface area contributed by atoms with Gasteiger partial charge in [0.05, 0.1) is 17.7 Å². The molecular weight excluding hydrogens is 346 g/mol. The number of rotatable bonds is 7. The van der Waals surface area contributed by atoms with Gasteiger partial charge in [-0.2, -0.15) is 0 Å². The Morgan fingerprint density at radius 1 is 0.963 bits per heavy atom. The maximum absolute atomic E-state index is 12.2. The molecule has 0 bridgehead atoms. The molecule has 27 heavy (non-hydrogen) atoms. The van der Waals surface area contributed by atoms with E-state index in [0.29, 0.717) is 22.8 Å². The number of benzene rings is 2. The van der Waals surface area contributed by atoms with Gasteiger partial charge in [0.25, 0.3) is 11.8 Å². The lowest BCUT2D eigenvalue weighted by molar-refractivity contribution is -0.146. The van der Waals surface area contributed by atoms with E-state index in [1.54, 1.807) is 36.4 Å². The van der Waals surface area contributed by atoms with E-state index in [4.69, 9.17) is 9.47 Å². The summed E-state index contributed by atoms with van der Waals surface area (Å²) in [5, 5.41) is 0. The molecule has 0 atom stereocenters. The highest BCUT2D eigenvalue weighted by atomic mass is 16.6. The van der Waals surface area contributed by atoms with Gasteiger partial charge in [0.2, 0.25) is 0 Å². The SMILES string of the molecule is CC(C)c1ccc(OCC(=O)OCCN2C(=O)c3ccccc3C2=O)cc1. The molecule has 2 aromatic carbocycles. The third-order valence-electron chi connectivity index (χ3n) is 4.36. The summed E-state index contributed by atoms with van der Waals surface area (Å²) >= 11 is 0. The molecule has 1 aliphatic heterocycles. The van der Waals surface area contributed by atoms with Crippen molar-refractivity contribution in [2.24, 2.45) is 0 Å². The molecule has 0 unspecified atom stereocenters. The van der Waals surface area contributed by atoms with Gasteiger partial charge in [0, 0.05) is 0 Å². The third kappa shape index (κ3) is 4.16. The lowest BCUT2D eigenvalue weighted by Gasteiger charge is -2.14. The molecule has 0 spiro atoms. The van der Waals surface area contributed by atoms with Crippen LogP contribution in [0, 0.1) is 0 Å². The van der Waals surface area contributed by atoms with Gasteiger partial charge in [0.15, 0.2) is 6.61 Å². The van der Waals surface area contributed by atoms with Crippen LogP contribution in [-0.2, 0) is 9.53 Å². The van der Waals surface area contributed by atoms with Crippen molar-refractivity contribution >= 4 is 17.8 Å². The first-order chi connectivity index (χ1) is 13.0. The van der Waals surface area contributed by atoms with Gasteiger partial charge in [-0.25, -0.2) is 4.79 Å². The van der Waals surface area contributed by atoms with Gasteiger partial charge >= 0.3 is 5.97 Å². The second kappa shape index (κ2) is 8.03. The van der Waals surface area contributed by atoms with Crippen LogP contribution in [0.1, 0.15) is 46.0 Å². The zero-order valence-corrected chi connectivity index (χ0v) is 15.3. The molecule has 0 radical (unpaired) electrons. The number of carbonyl (C=O) groups is 3. The highest BCUT2D eigenvalue weighted by Crippen LogP contribution is 2.22. The van der Waals surface area contributed by atoms with E-state index in [1.165, 1.54) is 5.56 Å². The number of esters is 1. The van der Waals surface area contributed by atoms with Crippen LogP contribution in [0.5, 0.6) is 5.75 Å². The molecule has 0 N–H and O–H groups in total. The average Bonchev–Trinajstić information content (AvgIpc) is 2.92. The monoisotopic (exact) mass is 367 g/mol. The van der Waals surface area contributed by atoms with Crippen LogP contribution in [0.4, 0.5) is 0 Å². The summed E-state index contributed by atoms with van der Waals surface area (Å²) in [6, 6.07) is 14.2. The van der Waals surface area contributed by atoms with Gasteiger partial charge in [-0.1, -0.05) is 38.1 Å². The number of amides is 2. The predicted octanol–water partition coefficient (Wildman–Crippen LogP) is 3.03. The molecule has 2 amide bonds. The van der Waals surface area contributed by atoms with Crippen molar-refractivity contribution in [3.63, 3.8) is 0 Å². The Morgan fingerprint density at radius 3 is 2.11 bits per heavy atom. The highest BCUT2D eigenvalue weighted by molar-refractivity contribution is 6.21. The molecule has 0 saturated carbocycles. The lowest BCUT2D eigenvalue weighted by Crippen LogP contribution is -2.33. The fraction of sp³-hybridized carbons (Fsp3) is 0.286. The number of hydrogen-bond donors (Lipinski definition) is 0. The molecule has 6 heteroatoms. The summed E-state index contributed by atoms with van der Waals surface area (Å²) in [7, 11) is 0. The van der Waals surface area contributed by atoms with Gasteiger partial charge in [-0.3, -0.25) is 14.5 Å². The van der Waals surface area contributed by atoms with Crippen LogP contribution >= 0.6 is 0 Å². The summed E-state index contributed by atoms with van der Waals surface area (Å²) in [6.45, 7) is 3.91. The van der Waals surface area contributed by atoms with Crippen molar-refractivity contribution in [3.8, 4) is 5.75 Å². The zero-order chi connectivity index (χ0) is 19.4. The maximum Gasteiger partial charge on any atom is 0.344 e. The van der Waals surface area contributed by atoms with Crippen molar-refractivity contribution in [3.05, 3.63) is 65.2 Å². The number of ether oxygens (including phenoxy) is 2. The molecule has 140 valence electrons. The quantitative estimate of drug-likeness (QED) is 0.556. The number of carbonyl (C=O) groups excluding carboxylic acids is 3. The summed E-state index contributed by atoms with van der Waals surface area (Å²) in [6.07, 6.45) is 0. The number of fused-ring (bicyclic) bond motifs is 1. The molecule has 0 saturated heterocycles. The summed E-state index contributed by atoms with van der Waals surface area (Å²) < 4.78 is 10.5. The van der Waals surface area contributed by atoms with Crippen LogP contribution in [0.2, 0.25) is 0 Å². The number of nitrogens with zero attached hydrogens (tertiary/aromatic N) is 1. The number of imide groups is 1. The van der Waals surface area contributed by atoms with E-state index in [-0.39, 0.29) is 31.6 Å². The van der Waals surface area contributed by atoms with Crippen LogP contribution in [0.3, 0.4) is 0 Å². The lowest BCUT2D eigenvalue weighted by atomic mass is 10.0. The molecule has 1 heterocycles. The second-order valence-electron chi connectivity index (χ2n) is 6.54. The van der Waals surface area contributed by atoms with E-state index in [9.17, 15) is 14.4 Å². The molecule has 0 fully saturated rings. The van der Waals surface area contributed by atoms with Crippen LogP contribution in [-0.4, -0.2) is 42.4 Å². The van der Waals surface area contributed by atoms with Gasteiger partial charge in [-0.15, -0.1) is 0 Å². The van der Waals surface area contributed by atoms with E-state index in [1.807, 2.05) is 12.1 Å². The Labute approximate surface area is 157 Å². The summed E-state index contributed by atoms with van der Waals surface area (Å²) in [5.74, 6) is -0.288. The van der Waals surface area contributed by atoms with Crippen molar-refractivity contribution in [1.29, 1.82) is 0 Å². The zero-order valence-electron chi connectivity index (χ0n) is 15.3. The fourth-order valence-corrected chi connectivity index (χ4v) is 2.83. The van der Waals surface area contributed by atoms with Crippen LogP contribution < -0.4 is 4.74 Å². The maximum atomic E-state index is 12.2. The Morgan fingerprint density at radius 2 is 1.56 bits per heavy atom. The van der Waals surface area contributed by atoms with Gasteiger partial charge in [-0.05, 0) is 35.7 Å². The standard InChI is InChI=1S/C21H21NO5/c1-14(2)15-7-9-16(10-8-15)27-13-19(23)26-12-11-22-20(24)17-5-3-4-6-18(17)21(22)25/h3-10,14H,11-13H2,1-2H3. The van der Waals surface area contributed by atoms with E-state index < -0.39 is 5.97 Å². The van der Waals surface area contributed by atoms with Crippen LogP contribution in [0.25, 0.3) is 0 Å². The Bertz CT molecular complexity index is 822. The van der Waals surface area contributed by atoms with E-state index >= 15 is 0 Å². The van der Waals surface area contributed by atoms with Crippen molar-refractivity contribution in [2.75, 3.05) is 19.8 Å². The van der Waals surface area contributed by atoms with Gasteiger partial charge < -0.3 is 9.47 Å². The minimum Gasteiger partial charge on any atom is -0.482 e. The van der Waals surface area contributed by atoms with Crippen molar-refractivity contribution < 1.29 is 23.9 Å². The summed E-state index contributed by atoms with van der Waals surface area (Å²) in [4.78, 5) is 37.3. The number of hydrogen-bond acceptors (Lipinski definition) is 5. The smallest absolute Gasteiger partial charge is 0.344 e. The molecule has 6 nitrogen and oxygen atoms in total. The van der Waals surface area contributed by atoms with Crippen molar-refractivity contribution in [1.82, 2.24) is 4.90 Å². The fourth-order valence-electron chi connectivity index (χ4n) is 2.83. The predicted molar refractivity (Wildman–Crippen MR) is 98.8 cm³/mol. The van der Waals surface area contributed by atoms with Gasteiger partial charge in [0.1, 0.15) is 12.4 Å². The largest absolute Gasteiger partial charge is 0.482 e. The van der Waals surface area contributed by atoms with Crippen LogP contribution in [0.15, 0.2) is 48.5 Å². The van der Waals surface area contributed by atoms with E-state index in [2.05, 4.69) is 13.8 Å². The molecular formula is C21H21NO5. The first-order valence-corrected chi connectivity index (χ1v) is 8.81. The highest BCUT2D eigenvalue weighted by Gasteiger charge is 2.34. The minimum atomic E-state index is -0.556. The molecule has 0 aliphatic carbocycles. The Hall–Kier alpha value is -3.15. The molecule has 2 aromatic rings. The summed E-state index contributed by atoms with van der Waals surface area (Å²) in [5.41, 5.74) is 1.94. The first-order valence-electron chi connectivity index (χ1n) is 8.81. The van der Waals surface area contributed by atoms with Crippen molar-refractivity contribution in [2.45, 2.75) is 19.8 Å². The van der Waals surface area contributed by atoms with E-state index in [0.717, 1.165) is 4.90 Å². The molecule has 1 aliphatic rings. The average molecular weight is 367 g/mol. The normalized spacial score (nSPS) is 13.1. The Balaban J connectivity index is 1.44. The Kier molecular flexibility index (Phi) is 5.54. The molecule has 3 rings (SSSR count). The topological polar surface area (TPSA) is 72.9 Å². The molecule has 0 aromatic heterocycles.